The van der Waals surface area contributed by atoms with Crippen LogP contribution in [0.25, 0.3) is 31.8 Å². The van der Waals surface area contributed by atoms with E-state index in [0.717, 1.165) is 45.3 Å². The molecule has 5 aromatic rings. The molecule has 1 saturated heterocycles. The number of nitrogens with one attached hydrogen (secondary N) is 1. The summed E-state index contributed by atoms with van der Waals surface area (Å²) in [7, 11) is 0. The molecule has 1 atom stereocenters. The fraction of sp³-hybridized carbons (Fsp3) is 0.207. The van der Waals surface area contributed by atoms with Crippen LogP contribution in [0.5, 0.6) is 0 Å². The molecule has 0 spiro atoms. The third-order valence-electron chi connectivity index (χ3n) is 6.39. The smallest absolute Gasteiger partial charge is 0.230 e. The number of nitrogens with zero attached hydrogens (tertiary/aromatic N) is 2. The number of thioether (sulfide) groups is 1. The summed E-state index contributed by atoms with van der Waals surface area (Å²) in [5.41, 5.74) is 2.93. The minimum Gasteiger partial charge on any atom is -0.376 e. The highest BCUT2D eigenvalue weighted by molar-refractivity contribution is 8.01. The van der Waals surface area contributed by atoms with E-state index in [9.17, 15) is 4.79 Å². The maximum Gasteiger partial charge on any atom is 0.230 e. The van der Waals surface area contributed by atoms with Crippen LogP contribution in [0.2, 0.25) is 0 Å². The van der Waals surface area contributed by atoms with Gasteiger partial charge >= 0.3 is 0 Å². The normalized spacial score (nSPS) is 15.9. The summed E-state index contributed by atoms with van der Waals surface area (Å²) in [5, 5.41) is 7.76. The van der Waals surface area contributed by atoms with Gasteiger partial charge in [0, 0.05) is 24.9 Å². The van der Waals surface area contributed by atoms with E-state index in [1.807, 2.05) is 18.3 Å². The summed E-state index contributed by atoms with van der Waals surface area (Å²) in [6.45, 7) is 1.39. The van der Waals surface area contributed by atoms with Crippen LogP contribution in [0.3, 0.4) is 0 Å². The molecule has 0 unspecified atom stereocenters. The molecule has 0 saturated carbocycles. The van der Waals surface area contributed by atoms with Crippen molar-refractivity contribution in [2.75, 3.05) is 18.9 Å². The molecule has 4 aromatic carbocycles. The number of rotatable bonds is 7. The van der Waals surface area contributed by atoms with Gasteiger partial charge in [0.25, 0.3) is 0 Å². The standard InChI is InChI=1S/C29H25N3O2S2/c33-28(31-16-22-8-5-13-34-22)18-35-29-32-26-12-11-21(15-27(26)36-29)30-17-25-23-9-3-1-6-19(23)14-20-7-2-4-10-24(20)25/h1-4,6-7,9-12,14-15,17,22H,5,8,13,16,18H2,(H,31,33)/t22-/m1/s1. The van der Waals surface area contributed by atoms with Gasteiger partial charge in [-0.05, 0) is 58.7 Å². The molecule has 6 rings (SSSR count). The average molecular weight is 512 g/mol. The van der Waals surface area contributed by atoms with Gasteiger partial charge in [0.05, 0.1) is 27.8 Å². The topological polar surface area (TPSA) is 63.6 Å². The first-order valence-corrected chi connectivity index (χ1v) is 13.9. The quantitative estimate of drug-likeness (QED) is 0.149. The van der Waals surface area contributed by atoms with E-state index < -0.39 is 0 Å². The first kappa shape index (κ1) is 23.2. The van der Waals surface area contributed by atoms with E-state index in [0.29, 0.717) is 12.3 Å². The molecule has 0 bridgehead atoms. The van der Waals surface area contributed by atoms with Crippen molar-refractivity contribution in [1.82, 2.24) is 10.3 Å². The lowest BCUT2D eigenvalue weighted by Gasteiger charge is -2.09. The lowest BCUT2D eigenvalue weighted by Crippen LogP contribution is -2.32. The number of carbonyl (C=O) groups excluding carboxylic acids is 1. The van der Waals surface area contributed by atoms with E-state index in [4.69, 9.17) is 9.73 Å². The lowest BCUT2D eigenvalue weighted by atomic mass is 9.97. The van der Waals surface area contributed by atoms with Crippen molar-refractivity contribution in [2.24, 2.45) is 4.99 Å². The number of ether oxygens (including phenoxy) is 1. The largest absolute Gasteiger partial charge is 0.376 e. The van der Waals surface area contributed by atoms with Crippen LogP contribution in [-0.4, -0.2) is 42.1 Å². The van der Waals surface area contributed by atoms with E-state index in [1.165, 1.54) is 33.3 Å². The second-order valence-corrected chi connectivity index (χ2v) is 11.1. The molecule has 5 nitrogen and oxygen atoms in total. The Labute approximate surface area is 217 Å². The van der Waals surface area contributed by atoms with E-state index in [-0.39, 0.29) is 12.0 Å². The summed E-state index contributed by atoms with van der Waals surface area (Å²) in [4.78, 5) is 21.8. The number of amides is 1. The summed E-state index contributed by atoms with van der Waals surface area (Å²) in [5.74, 6) is 0.369. The van der Waals surface area contributed by atoms with Crippen molar-refractivity contribution in [2.45, 2.75) is 23.3 Å². The third-order valence-corrected chi connectivity index (χ3v) is 8.55. The second-order valence-electron chi connectivity index (χ2n) is 8.85. The average Bonchev–Trinajstić information content (AvgIpc) is 3.58. The highest BCUT2D eigenvalue weighted by Crippen LogP contribution is 2.33. The zero-order valence-electron chi connectivity index (χ0n) is 19.6. The van der Waals surface area contributed by atoms with Gasteiger partial charge < -0.3 is 10.1 Å². The maximum atomic E-state index is 12.2. The fourth-order valence-corrected chi connectivity index (χ4v) is 6.50. The van der Waals surface area contributed by atoms with E-state index in [1.54, 1.807) is 11.3 Å². The van der Waals surface area contributed by atoms with Crippen LogP contribution in [0.1, 0.15) is 18.4 Å². The van der Waals surface area contributed by atoms with Gasteiger partial charge in [0.2, 0.25) is 5.91 Å². The SMILES string of the molecule is O=C(CSc1nc2ccc(N=Cc3c4ccccc4cc4ccccc34)cc2s1)NC[C@H]1CCCO1. The van der Waals surface area contributed by atoms with Crippen molar-refractivity contribution in [3.8, 4) is 0 Å². The number of thiazole rings is 1. The first-order valence-electron chi connectivity index (χ1n) is 12.1. The number of aliphatic imine (C=N–C) groups is 1. The third kappa shape index (κ3) is 5.00. The second kappa shape index (κ2) is 10.4. The van der Waals surface area contributed by atoms with Crippen LogP contribution in [-0.2, 0) is 9.53 Å². The highest BCUT2D eigenvalue weighted by Gasteiger charge is 2.16. The lowest BCUT2D eigenvalue weighted by molar-refractivity contribution is -0.119. The molecule has 0 aliphatic carbocycles. The summed E-state index contributed by atoms with van der Waals surface area (Å²) in [6, 6.07) is 25.2. The summed E-state index contributed by atoms with van der Waals surface area (Å²) < 4.78 is 7.52. The highest BCUT2D eigenvalue weighted by atomic mass is 32.2. The van der Waals surface area contributed by atoms with Gasteiger partial charge in [-0.3, -0.25) is 9.79 Å². The monoisotopic (exact) mass is 511 g/mol. The Morgan fingerprint density at radius 1 is 1.08 bits per heavy atom. The molecule has 2 heterocycles. The van der Waals surface area contributed by atoms with Crippen LogP contribution in [0, 0.1) is 0 Å². The van der Waals surface area contributed by atoms with Crippen molar-refractivity contribution in [1.29, 1.82) is 0 Å². The van der Waals surface area contributed by atoms with Crippen molar-refractivity contribution in [3.05, 3.63) is 78.4 Å². The van der Waals surface area contributed by atoms with E-state index in [2.05, 4.69) is 71.0 Å². The Morgan fingerprint density at radius 2 is 1.86 bits per heavy atom. The number of hydrogen-bond donors (Lipinski definition) is 1. The molecule has 1 aromatic heterocycles. The minimum atomic E-state index is 0.0161. The van der Waals surface area contributed by atoms with Crippen molar-refractivity contribution >= 4 is 72.7 Å². The zero-order valence-corrected chi connectivity index (χ0v) is 21.3. The number of carbonyl (C=O) groups is 1. The molecule has 180 valence electrons. The molecule has 7 heteroatoms. The van der Waals surface area contributed by atoms with Gasteiger partial charge in [0.15, 0.2) is 4.34 Å². The predicted octanol–water partition coefficient (Wildman–Crippen LogP) is 6.74. The molecular weight excluding hydrogens is 486 g/mol. The first-order chi connectivity index (χ1) is 17.7. The number of benzene rings is 4. The molecule has 1 fully saturated rings. The van der Waals surface area contributed by atoms with Crippen LogP contribution >= 0.6 is 23.1 Å². The minimum absolute atomic E-state index is 0.0161. The summed E-state index contributed by atoms with van der Waals surface area (Å²) >= 11 is 3.07. The number of fused-ring (bicyclic) bond motifs is 3. The summed E-state index contributed by atoms with van der Waals surface area (Å²) in [6.07, 6.45) is 4.23. The van der Waals surface area contributed by atoms with Gasteiger partial charge in [0.1, 0.15) is 0 Å². The van der Waals surface area contributed by atoms with Gasteiger partial charge in [-0.1, -0.05) is 60.3 Å². The van der Waals surface area contributed by atoms with Crippen molar-refractivity contribution < 1.29 is 9.53 Å². The maximum absolute atomic E-state index is 12.2. The van der Waals surface area contributed by atoms with Gasteiger partial charge in [-0.2, -0.15) is 0 Å². The van der Waals surface area contributed by atoms with Gasteiger partial charge in [-0.15, -0.1) is 11.3 Å². The van der Waals surface area contributed by atoms with Crippen LogP contribution < -0.4 is 5.32 Å². The fourth-order valence-electron chi connectivity index (χ4n) is 4.57. The Balaban J connectivity index is 1.19. The van der Waals surface area contributed by atoms with Gasteiger partial charge in [-0.25, -0.2) is 4.98 Å². The number of aromatic nitrogens is 1. The zero-order chi connectivity index (χ0) is 24.3. The Kier molecular flexibility index (Phi) is 6.68. The van der Waals surface area contributed by atoms with E-state index >= 15 is 0 Å². The van der Waals surface area contributed by atoms with Crippen molar-refractivity contribution in [3.63, 3.8) is 0 Å². The molecule has 1 N–H and O–H groups in total. The van der Waals surface area contributed by atoms with Crippen LogP contribution in [0.4, 0.5) is 5.69 Å². The molecule has 36 heavy (non-hydrogen) atoms. The Hall–Kier alpha value is -3.26. The number of hydrogen-bond acceptors (Lipinski definition) is 6. The molecule has 1 amide bonds. The molecule has 1 aliphatic rings. The predicted molar refractivity (Wildman–Crippen MR) is 151 cm³/mol. The molecular formula is C29H25N3O2S2. The van der Waals surface area contributed by atoms with Crippen LogP contribution in [0.15, 0.2) is 82.1 Å². The molecule has 0 radical (unpaired) electrons. The molecule has 1 aliphatic heterocycles. The Morgan fingerprint density at radius 3 is 2.61 bits per heavy atom. The Bertz CT molecular complexity index is 1530.